The van der Waals surface area contributed by atoms with Crippen molar-refractivity contribution in [2.45, 2.75) is 17.7 Å². The SMILES string of the molecule is CSc1ccc(CC(=O)Cc2ccc(C#N)cn2)cc1. The molecule has 0 bridgehead atoms. The molecule has 0 aliphatic heterocycles. The Labute approximate surface area is 122 Å². The summed E-state index contributed by atoms with van der Waals surface area (Å²) >= 11 is 1.68. The molecule has 0 aliphatic rings. The third kappa shape index (κ3) is 3.94. The van der Waals surface area contributed by atoms with Crippen LogP contribution in [0.1, 0.15) is 16.8 Å². The van der Waals surface area contributed by atoms with E-state index in [-0.39, 0.29) is 5.78 Å². The van der Waals surface area contributed by atoms with Crippen molar-refractivity contribution in [1.29, 1.82) is 5.26 Å². The van der Waals surface area contributed by atoms with Crippen LogP contribution >= 0.6 is 11.8 Å². The summed E-state index contributed by atoms with van der Waals surface area (Å²) in [5.41, 5.74) is 2.23. The van der Waals surface area contributed by atoms with E-state index >= 15 is 0 Å². The number of nitriles is 1. The molecule has 0 N–H and O–H groups in total. The second-order valence-corrected chi connectivity index (χ2v) is 5.27. The molecule has 0 amide bonds. The minimum atomic E-state index is 0.124. The Morgan fingerprint density at radius 3 is 2.50 bits per heavy atom. The predicted molar refractivity (Wildman–Crippen MR) is 79.6 cm³/mol. The van der Waals surface area contributed by atoms with Crippen LogP contribution in [0.5, 0.6) is 0 Å². The molecule has 1 heterocycles. The van der Waals surface area contributed by atoms with E-state index < -0.39 is 0 Å². The molecule has 1 aromatic heterocycles. The molecule has 4 heteroatoms. The number of thioether (sulfide) groups is 1. The number of benzene rings is 1. The fourth-order valence-electron chi connectivity index (χ4n) is 1.83. The highest BCUT2D eigenvalue weighted by Crippen LogP contribution is 2.15. The van der Waals surface area contributed by atoms with Crippen LogP contribution in [-0.4, -0.2) is 17.0 Å². The molecule has 100 valence electrons. The normalized spacial score (nSPS) is 10.0. The monoisotopic (exact) mass is 282 g/mol. The molecule has 0 atom stereocenters. The molecule has 0 aliphatic carbocycles. The minimum Gasteiger partial charge on any atom is -0.299 e. The number of hydrogen-bond donors (Lipinski definition) is 0. The third-order valence-electron chi connectivity index (χ3n) is 2.89. The van der Waals surface area contributed by atoms with E-state index in [0.717, 1.165) is 5.56 Å². The van der Waals surface area contributed by atoms with Crippen molar-refractivity contribution in [1.82, 2.24) is 4.98 Å². The summed E-state index contributed by atoms with van der Waals surface area (Å²) in [4.78, 5) is 17.3. The van der Waals surface area contributed by atoms with E-state index in [2.05, 4.69) is 4.98 Å². The van der Waals surface area contributed by atoms with Crippen LogP contribution in [0.3, 0.4) is 0 Å². The highest BCUT2D eigenvalue weighted by atomic mass is 32.2. The Hall–Kier alpha value is -2.12. The lowest BCUT2D eigenvalue weighted by atomic mass is 10.1. The van der Waals surface area contributed by atoms with Gasteiger partial charge in [-0.05, 0) is 36.1 Å². The van der Waals surface area contributed by atoms with E-state index in [1.54, 1.807) is 23.9 Å². The van der Waals surface area contributed by atoms with E-state index in [1.165, 1.54) is 11.1 Å². The molecule has 0 saturated carbocycles. The zero-order chi connectivity index (χ0) is 14.4. The highest BCUT2D eigenvalue weighted by Gasteiger charge is 2.06. The van der Waals surface area contributed by atoms with Gasteiger partial charge in [0.25, 0.3) is 0 Å². The zero-order valence-corrected chi connectivity index (χ0v) is 12.0. The molecule has 0 unspecified atom stereocenters. The third-order valence-corrected chi connectivity index (χ3v) is 3.64. The number of nitrogens with zero attached hydrogens (tertiary/aromatic N) is 2. The summed E-state index contributed by atoms with van der Waals surface area (Å²) in [6.07, 6.45) is 4.24. The fourth-order valence-corrected chi connectivity index (χ4v) is 2.24. The van der Waals surface area contributed by atoms with Crippen molar-refractivity contribution < 1.29 is 4.79 Å². The molecule has 0 spiro atoms. The molecule has 0 fully saturated rings. The van der Waals surface area contributed by atoms with Gasteiger partial charge in [0.1, 0.15) is 11.9 Å². The summed E-state index contributed by atoms with van der Waals surface area (Å²) in [5.74, 6) is 0.124. The average Bonchev–Trinajstić information content (AvgIpc) is 2.49. The van der Waals surface area contributed by atoms with Crippen molar-refractivity contribution in [2.24, 2.45) is 0 Å². The van der Waals surface area contributed by atoms with E-state index in [4.69, 9.17) is 5.26 Å². The molecule has 0 radical (unpaired) electrons. The van der Waals surface area contributed by atoms with Gasteiger partial charge in [-0.1, -0.05) is 12.1 Å². The maximum atomic E-state index is 12.0. The van der Waals surface area contributed by atoms with Gasteiger partial charge >= 0.3 is 0 Å². The van der Waals surface area contributed by atoms with Crippen molar-refractivity contribution >= 4 is 17.5 Å². The average molecular weight is 282 g/mol. The lowest BCUT2D eigenvalue weighted by molar-refractivity contribution is -0.117. The number of carbonyl (C=O) groups is 1. The Morgan fingerprint density at radius 2 is 1.95 bits per heavy atom. The maximum absolute atomic E-state index is 12.0. The number of pyridine rings is 1. The zero-order valence-electron chi connectivity index (χ0n) is 11.2. The first-order valence-electron chi connectivity index (χ1n) is 6.21. The Kier molecular flexibility index (Phi) is 4.91. The van der Waals surface area contributed by atoms with Crippen LogP contribution in [0.15, 0.2) is 47.5 Å². The Bertz CT molecular complexity index is 627. The van der Waals surface area contributed by atoms with Crippen LogP contribution in [0.4, 0.5) is 0 Å². The lowest BCUT2D eigenvalue weighted by Gasteiger charge is -2.03. The minimum absolute atomic E-state index is 0.124. The predicted octanol–water partition coefficient (Wildman–Crippen LogP) is 3.03. The Balaban J connectivity index is 1.95. The number of ketones is 1. The molecule has 0 saturated heterocycles. The van der Waals surface area contributed by atoms with Crippen molar-refractivity contribution in [3.8, 4) is 6.07 Å². The fraction of sp³-hybridized carbons (Fsp3) is 0.188. The number of aromatic nitrogens is 1. The van der Waals surface area contributed by atoms with Crippen LogP contribution < -0.4 is 0 Å². The first-order chi connectivity index (χ1) is 9.71. The smallest absolute Gasteiger partial charge is 0.143 e. The van der Waals surface area contributed by atoms with Gasteiger partial charge in [0.05, 0.1) is 5.56 Å². The quantitative estimate of drug-likeness (QED) is 0.791. The summed E-state index contributed by atoms with van der Waals surface area (Å²) < 4.78 is 0. The molecule has 2 aromatic rings. The largest absolute Gasteiger partial charge is 0.299 e. The summed E-state index contributed by atoms with van der Waals surface area (Å²) in [7, 11) is 0. The van der Waals surface area contributed by atoms with Gasteiger partial charge in [0.2, 0.25) is 0 Å². The van der Waals surface area contributed by atoms with Crippen LogP contribution in [0.2, 0.25) is 0 Å². The molecular weight excluding hydrogens is 268 g/mol. The molecule has 3 nitrogen and oxygen atoms in total. The van der Waals surface area contributed by atoms with E-state index in [0.29, 0.717) is 24.1 Å². The number of hydrogen-bond acceptors (Lipinski definition) is 4. The van der Waals surface area contributed by atoms with E-state index in [1.807, 2.05) is 36.6 Å². The molecular formula is C16H14N2OS. The van der Waals surface area contributed by atoms with Gasteiger partial charge < -0.3 is 0 Å². The second kappa shape index (κ2) is 6.88. The number of Topliss-reactive ketones (excluding diaryl/α,β-unsaturated/α-hetero) is 1. The highest BCUT2D eigenvalue weighted by molar-refractivity contribution is 7.98. The van der Waals surface area contributed by atoms with Gasteiger partial charge in [-0.2, -0.15) is 5.26 Å². The van der Waals surface area contributed by atoms with Gasteiger partial charge in [-0.25, -0.2) is 0 Å². The summed E-state index contributed by atoms with van der Waals surface area (Å²) in [6.45, 7) is 0. The van der Waals surface area contributed by atoms with Crippen molar-refractivity contribution in [3.05, 3.63) is 59.4 Å². The van der Waals surface area contributed by atoms with Crippen molar-refractivity contribution in [2.75, 3.05) is 6.26 Å². The van der Waals surface area contributed by atoms with Gasteiger partial charge in [-0.15, -0.1) is 11.8 Å². The number of carbonyl (C=O) groups excluding carboxylic acids is 1. The van der Waals surface area contributed by atoms with E-state index in [9.17, 15) is 4.79 Å². The second-order valence-electron chi connectivity index (χ2n) is 4.39. The topological polar surface area (TPSA) is 53.8 Å². The van der Waals surface area contributed by atoms with Gasteiger partial charge in [0, 0.05) is 29.6 Å². The van der Waals surface area contributed by atoms with Crippen LogP contribution in [-0.2, 0) is 17.6 Å². The maximum Gasteiger partial charge on any atom is 0.143 e. The summed E-state index contributed by atoms with van der Waals surface area (Å²) in [6, 6.07) is 13.4. The lowest BCUT2D eigenvalue weighted by Crippen LogP contribution is -2.07. The van der Waals surface area contributed by atoms with Gasteiger partial charge in [0.15, 0.2) is 0 Å². The molecule has 1 aromatic carbocycles. The first kappa shape index (κ1) is 14.3. The Morgan fingerprint density at radius 1 is 1.20 bits per heavy atom. The van der Waals surface area contributed by atoms with Crippen LogP contribution in [0.25, 0.3) is 0 Å². The van der Waals surface area contributed by atoms with Gasteiger partial charge in [-0.3, -0.25) is 9.78 Å². The first-order valence-corrected chi connectivity index (χ1v) is 7.43. The summed E-state index contributed by atoms with van der Waals surface area (Å²) in [5, 5.41) is 8.69. The molecule has 20 heavy (non-hydrogen) atoms. The number of rotatable bonds is 5. The molecule has 2 rings (SSSR count). The van der Waals surface area contributed by atoms with Crippen molar-refractivity contribution in [3.63, 3.8) is 0 Å². The standard InChI is InChI=1S/C16H14N2OS/c1-20-16-6-3-12(4-7-16)8-15(19)9-14-5-2-13(10-17)11-18-14/h2-7,11H,8-9H2,1H3. The van der Waals surface area contributed by atoms with Crippen LogP contribution in [0, 0.1) is 11.3 Å².